The summed E-state index contributed by atoms with van der Waals surface area (Å²) in [7, 11) is 0. The van der Waals surface area contributed by atoms with E-state index in [1.165, 1.54) is 128 Å². The average molecular weight is 1500 g/mol. The first kappa shape index (κ1) is 92.0. The van der Waals surface area contributed by atoms with Crippen molar-refractivity contribution in [3.63, 3.8) is 0 Å². The fraction of sp³-hybridized carbons (Fsp3) is 0.919. The van der Waals surface area contributed by atoms with Crippen LogP contribution in [0.3, 0.4) is 0 Å². The predicted octanol–water partition coefficient (Wildman–Crippen LogP) is 1.72. The number of aliphatic hydroxyl groups excluding tert-OH is 16. The van der Waals surface area contributed by atoms with Crippen LogP contribution in [0.2, 0.25) is 0 Å². The zero-order chi connectivity index (χ0) is 75.9. The van der Waals surface area contributed by atoms with Gasteiger partial charge in [0, 0.05) is 13.3 Å². The monoisotopic (exact) mass is 1500 g/mol. The third-order valence-corrected chi connectivity index (χ3v) is 20.4. The standard InChI is InChI=1S/C74H134N2O28/c1-4-6-8-10-12-14-16-18-19-20-21-22-23-24-25-27-29-31-33-35-37-39-54(84)76-47(48(83)38-36-34-32-30-28-26-17-15-13-11-9-7-5-2)45-95-71-63(92)60(89)67(52(43-80)99-71)103-74-65(94)69(57(86)50(41-78)97-74)104-70-55(75-46(3)82)58(87)66(51(42-79)98-70)101-73-64(93)61(90)68(53(44-81)100-73)102-72-62(91)59(88)56(85)49(40-77)96-72/h18-19,36,38,47-53,55-74,77-81,83,85-94H,4-17,20-35,37,39-45H2,1-3H3,(H,75,82)(H,76,84)/b19-18-,38-36+/t47-,48+,49?,50?,51?,52?,53?,55?,56-,57-,58+,59-,60+,61+,62?,63?,64?,65?,66+,67+,68-,69-,70-,71+,72-,73-,74-/m0/s1. The maximum atomic E-state index is 13.5. The van der Waals surface area contributed by atoms with Crippen molar-refractivity contribution in [3.8, 4) is 0 Å². The molecule has 30 heteroatoms. The smallest absolute Gasteiger partial charge is 0.220 e. The second-order valence-corrected chi connectivity index (χ2v) is 28.9. The highest BCUT2D eigenvalue weighted by Crippen LogP contribution is 2.37. The van der Waals surface area contributed by atoms with Crippen LogP contribution < -0.4 is 10.6 Å². The predicted molar refractivity (Wildman–Crippen MR) is 377 cm³/mol. The lowest BCUT2D eigenvalue weighted by molar-refractivity contribution is -0.386. The minimum Gasteiger partial charge on any atom is -0.394 e. The Hall–Kier alpha value is -2.62. The molecule has 104 heavy (non-hydrogen) atoms. The first-order valence-corrected chi connectivity index (χ1v) is 39.1. The normalized spacial score (nSPS) is 34.8. The third-order valence-electron chi connectivity index (χ3n) is 20.4. The molecule has 5 aliphatic rings. The molecule has 0 aromatic heterocycles. The molecule has 608 valence electrons. The van der Waals surface area contributed by atoms with E-state index < -0.39 is 211 Å². The molecule has 5 rings (SSSR count). The van der Waals surface area contributed by atoms with E-state index in [1.807, 2.05) is 6.08 Å². The van der Waals surface area contributed by atoms with Gasteiger partial charge in [-0.1, -0.05) is 192 Å². The third kappa shape index (κ3) is 30.2. The van der Waals surface area contributed by atoms with Gasteiger partial charge in [-0.05, 0) is 44.9 Å². The zero-order valence-electron chi connectivity index (χ0n) is 61.8. The second-order valence-electron chi connectivity index (χ2n) is 28.9. The summed E-state index contributed by atoms with van der Waals surface area (Å²) in [5, 5.41) is 181. The van der Waals surface area contributed by atoms with Crippen molar-refractivity contribution in [1.29, 1.82) is 0 Å². The molecular weight excluding hydrogens is 1360 g/mol. The van der Waals surface area contributed by atoms with E-state index in [2.05, 4.69) is 36.6 Å². The number of amides is 2. The van der Waals surface area contributed by atoms with Crippen LogP contribution in [0.15, 0.2) is 24.3 Å². The molecule has 5 saturated heterocycles. The van der Waals surface area contributed by atoms with Crippen molar-refractivity contribution < 1.29 is 139 Å². The first-order chi connectivity index (χ1) is 50.2. The molecule has 5 aliphatic heterocycles. The Morgan fingerprint density at radius 3 is 1.16 bits per heavy atom. The molecule has 0 aromatic carbocycles. The molecule has 0 spiro atoms. The van der Waals surface area contributed by atoms with Gasteiger partial charge >= 0.3 is 0 Å². The maximum absolute atomic E-state index is 13.5. The Balaban J connectivity index is 1.16. The van der Waals surface area contributed by atoms with Gasteiger partial charge in [0.25, 0.3) is 0 Å². The minimum absolute atomic E-state index is 0.190. The van der Waals surface area contributed by atoms with Gasteiger partial charge in [-0.3, -0.25) is 9.59 Å². The van der Waals surface area contributed by atoms with E-state index in [1.54, 1.807) is 6.08 Å². The van der Waals surface area contributed by atoms with Gasteiger partial charge < -0.3 is 140 Å². The summed E-state index contributed by atoms with van der Waals surface area (Å²) in [5.74, 6) is -1.15. The molecule has 30 nitrogen and oxygen atoms in total. The average Bonchev–Trinajstić information content (AvgIpc) is 0.774. The van der Waals surface area contributed by atoms with E-state index in [-0.39, 0.29) is 12.3 Å². The highest BCUT2D eigenvalue weighted by atomic mass is 16.8. The fourth-order valence-corrected chi connectivity index (χ4v) is 14.0. The van der Waals surface area contributed by atoms with Gasteiger partial charge in [0.2, 0.25) is 11.8 Å². The summed E-state index contributed by atoms with van der Waals surface area (Å²) in [4.78, 5) is 26.3. The van der Waals surface area contributed by atoms with Crippen LogP contribution in [-0.2, 0) is 57.0 Å². The van der Waals surface area contributed by atoms with E-state index in [9.17, 15) is 91.3 Å². The van der Waals surface area contributed by atoms with Crippen LogP contribution in [-0.4, -0.2) is 299 Å². The highest BCUT2D eigenvalue weighted by Gasteiger charge is 2.57. The molecule has 18 N–H and O–H groups in total. The Morgan fingerprint density at radius 1 is 0.375 bits per heavy atom. The van der Waals surface area contributed by atoms with Gasteiger partial charge in [0.05, 0.1) is 51.8 Å². The van der Waals surface area contributed by atoms with Crippen LogP contribution in [0.25, 0.3) is 0 Å². The van der Waals surface area contributed by atoms with E-state index in [0.717, 1.165) is 64.7 Å². The summed E-state index contributed by atoms with van der Waals surface area (Å²) in [5.41, 5.74) is 0. The van der Waals surface area contributed by atoms with Gasteiger partial charge in [-0.2, -0.15) is 0 Å². The van der Waals surface area contributed by atoms with Gasteiger partial charge in [0.1, 0.15) is 122 Å². The molecule has 27 atom stereocenters. The number of unbranched alkanes of at least 4 members (excludes halogenated alkanes) is 28. The number of rotatable bonds is 53. The topological polar surface area (TPSA) is 474 Å². The molecule has 10 unspecified atom stereocenters. The summed E-state index contributed by atoms with van der Waals surface area (Å²) in [6.45, 7) is 0.386. The zero-order valence-corrected chi connectivity index (χ0v) is 61.8. The summed E-state index contributed by atoms with van der Waals surface area (Å²) in [6.07, 6.45) is -1.51. The summed E-state index contributed by atoms with van der Waals surface area (Å²) in [6, 6.07) is -2.80. The van der Waals surface area contributed by atoms with Gasteiger partial charge in [0.15, 0.2) is 31.5 Å². The molecule has 0 bridgehead atoms. The number of carbonyl (C=O) groups is 2. The number of nitrogens with one attached hydrogen (secondary N) is 2. The highest BCUT2D eigenvalue weighted by molar-refractivity contribution is 5.76. The lowest BCUT2D eigenvalue weighted by Crippen LogP contribution is -2.70. The van der Waals surface area contributed by atoms with Crippen LogP contribution in [0.4, 0.5) is 0 Å². The van der Waals surface area contributed by atoms with E-state index in [4.69, 9.17) is 47.4 Å². The SMILES string of the molecule is CCCCCCCC/C=C\CCCCCCCCCCCCCC(=O)N[C@@H](CO[C@@H]1OC(CO)[C@@H](O[C@@H]2OC(CO)[C@H](O)[C@H](O[C@@H]3OC(CO)[C@@H](O[C@@H]4OC(CO)[C@H](O[C@@H]5OC(CO)[C@H](O)[C@H](O)C5O)[C@H](O)C4O)[C@H](O)C3NC(C)=O)C2O)[C@H](O)C1O)[C@H](O)/C=C/CCCCCCCCCCCCC. The first-order valence-electron chi connectivity index (χ1n) is 39.1. The van der Waals surface area contributed by atoms with Gasteiger partial charge in [-0.15, -0.1) is 0 Å². The number of aliphatic hydroxyl groups is 16. The molecule has 0 saturated carbocycles. The Morgan fingerprint density at radius 2 is 0.721 bits per heavy atom. The van der Waals surface area contributed by atoms with E-state index >= 15 is 0 Å². The lowest BCUT2D eigenvalue weighted by Gasteiger charge is -2.50. The largest absolute Gasteiger partial charge is 0.394 e. The van der Waals surface area contributed by atoms with Crippen molar-refractivity contribution in [2.75, 3.05) is 39.6 Å². The Bertz CT molecular complexity index is 2300. The maximum Gasteiger partial charge on any atom is 0.220 e. The number of hydrogen-bond acceptors (Lipinski definition) is 28. The Kier molecular flexibility index (Phi) is 45.8. The number of allylic oxidation sites excluding steroid dienone is 3. The lowest BCUT2D eigenvalue weighted by atomic mass is 9.94. The van der Waals surface area contributed by atoms with Crippen molar-refractivity contribution in [1.82, 2.24) is 10.6 Å². The molecule has 5 heterocycles. The molecule has 0 radical (unpaired) electrons. The second kappa shape index (κ2) is 51.8. The molecule has 0 aromatic rings. The molecule has 2 amide bonds. The van der Waals surface area contributed by atoms with Crippen LogP contribution in [0.5, 0.6) is 0 Å². The minimum atomic E-state index is -2.15. The van der Waals surface area contributed by atoms with Crippen molar-refractivity contribution >= 4 is 11.8 Å². The van der Waals surface area contributed by atoms with Crippen molar-refractivity contribution in [3.05, 3.63) is 24.3 Å². The Labute approximate surface area is 614 Å². The van der Waals surface area contributed by atoms with Crippen LogP contribution in [0, 0.1) is 0 Å². The molecule has 5 fully saturated rings. The summed E-state index contributed by atoms with van der Waals surface area (Å²) < 4.78 is 58.3. The van der Waals surface area contributed by atoms with E-state index in [0.29, 0.717) is 12.8 Å². The fourth-order valence-electron chi connectivity index (χ4n) is 14.0. The van der Waals surface area contributed by atoms with Crippen molar-refractivity contribution in [2.24, 2.45) is 0 Å². The summed E-state index contributed by atoms with van der Waals surface area (Å²) >= 11 is 0. The van der Waals surface area contributed by atoms with Crippen molar-refractivity contribution in [2.45, 2.75) is 392 Å². The molecular formula is C74H134N2O28. The quantitative estimate of drug-likeness (QED) is 0.0304. The van der Waals surface area contributed by atoms with Gasteiger partial charge in [-0.25, -0.2) is 0 Å². The number of carbonyl (C=O) groups excluding carboxylic acids is 2. The number of hydrogen-bond donors (Lipinski definition) is 18. The molecule has 0 aliphatic carbocycles. The number of ether oxygens (including phenoxy) is 10. The van der Waals surface area contributed by atoms with Crippen LogP contribution >= 0.6 is 0 Å². The van der Waals surface area contributed by atoms with Crippen LogP contribution in [0.1, 0.15) is 226 Å².